The molecule has 1 amide bonds. The van der Waals surface area contributed by atoms with Gasteiger partial charge in [-0.3, -0.25) is 9.59 Å². The van der Waals surface area contributed by atoms with E-state index in [1.165, 1.54) is 12.7 Å². The Morgan fingerprint density at radius 2 is 1.89 bits per heavy atom. The van der Waals surface area contributed by atoms with E-state index in [4.69, 9.17) is 0 Å². The van der Waals surface area contributed by atoms with E-state index in [0.29, 0.717) is 0 Å². The summed E-state index contributed by atoms with van der Waals surface area (Å²) < 4.78 is 4.44. The molecule has 0 radical (unpaired) electrons. The minimum absolute atomic E-state index is 0.100. The number of likely N-dealkylation sites (N-methyl/N-ethyl adjacent to an activating group) is 1. The third-order valence-corrected chi connectivity index (χ3v) is 2.51. The van der Waals surface area contributed by atoms with Gasteiger partial charge in [-0.05, 0) is 19.1 Å². The van der Waals surface area contributed by atoms with Crippen molar-refractivity contribution in [3.63, 3.8) is 0 Å². The lowest BCUT2D eigenvalue weighted by Gasteiger charge is -2.18. The molecule has 5 heteroatoms. The fourth-order valence-corrected chi connectivity index (χ4v) is 1.40. The summed E-state index contributed by atoms with van der Waals surface area (Å²) >= 11 is 0. The molecule has 0 spiro atoms. The SMILES string of the molecule is COC(=O)CNC(=O)CN(C)c1ccc(C)cc1. The zero-order chi connectivity index (χ0) is 13.5. The van der Waals surface area contributed by atoms with Gasteiger partial charge in [0.15, 0.2) is 0 Å². The monoisotopic (exact) mass is 250 g/mol. The van der Waals surface area contributed by atoms with Gasteiger partial charge in [0.1, 0.15) is 6.54 Å². The third-order valence-electron chi connectivity index (χ3n) is 2.51. The van der Waals surface area contributed by atoms with E-state index in [1.54, 1.807) is 0 Å². The van der Waals surface area contributed by atoms with Crippen LogP contribution in [-0.4, -0.2) is 39.1 Å². The average molecular weight is 250 g/mol. The van der Waals surface area contributed by atoms with Crippen molar-refractivity contribution in [2.45, 2.75) is 6.92 Å². The maximum Gasteiger partial charge on any atom is 0.325 e. The summed E-state index contributed by atoms with van der Waals surface area (Å²) in [5, 5.41) is 2.49. The van der Waals surface area contributed by atoms with Gasteiger partial charge in [0.2, 0.25) is 5.91 Å². The van der Waals surface area contributed by atoms with Gasteiger partial charge in [0, 0.05) is 12.7 Å². The smallest absolute Gasteiger partial charge is 0.325 e. The molecule has 0 unspecified atom stereocenters. The molecule has 0 aromatic heterocycles. The summed E-state index contributed by atoms with van der Waals surface area (Å²) in [5.41, 5.74) is 2.12. The van der Waals surface area contributed by atoms with Crippen LogP contribution in [0.25, 0.3) is 0 Å². The fraction of sp³-hybridized carbons (Fsp3) is 0.385. The Balaban J connectivity index is 2.44. The maximum atomic E-state index is 11.6. The quantitative estimate of drug-likeness (QED) is 0.782. The molecular weight excluding hydrogens is 232 g/mol. The molecule has 5 nitrogen and oxygen atoms in total. The summed E-state index contributed by atoms with van der Waals surface area (Å²) in [5.74, 6) is -0.676. The molecular formula is C13H18N2O3. The molecule has 1 rings (SSSR count). The largest absolute Gasteiger partial charge is 0.468 e. The molecule has 0 saturated heterocycles. The van der Waals surface area contributed by atoms with Gasteiger partial charge in [0.05, 0.1) is 13.7 Å². The second-order valence-corrected chi connectivity index (χ2v) is 4.04. The van der Waals surface area contributed by atoms with Gasteiger partial charge < -0.3 is 15.0 Å². The lowest BCUT2D eigenvalue weighted by molar-refractivity contribution is -0.141. The van der Waals surface area contributed by atoms with Crippen LogP contribution in [0.4, 0.5) is 5.69 Å². The maximum absolute atomic E-state index is 11.6. The van der Waals surface area contributed by atoms with Crippen molar-refractivity contribution < 1.29 is 14.3 Å². The highest BCUT2D eigenvalue weighted by Crippen LogP contribution is 2.12. The van der Waals surface area contributed by atoms with Gasteiger partial charge in [-0.2, -0.15) is 0 Å². The predicted octanol–water partition coefficient (Wildman–Crippen LogP) is 0.720. The van der Waals surface area contributed by atoms with Crippen LogP contribution in [0.1, 0.15) is 5.56 Å². The van der Waals surface area contributed by atoms with E-state index in [-0.39, 0.29) is 19.0 Å². The highest BCUT2D eigenvalue weighted by molar-refractivity contribution is 5.85. The van der Waals surface area contributed by atoms with Gasteiger partial charge in [-0.1, -0.05) is 17.7 Å². The fourth-order valence-electron chi connectivity index (χ4n) is 1.40. The lowest BCUT2D eigenvalue weighted by Crippen LogP contribution is -2.38. The van der Waals surface area contributed by atoms with Crippen LogP contribution < -0.4 is 10.2 Å². The Morgan fingerprint density at radius 3 is 2.44 bits per heavy atom. The number of carbonyl (C=O) groups is 2. The van der Waals surface area contributed by atoms with Crippen molar-refractivity contribution in [3.8, 4) is 0 Å². The molecule has 0 aliphatic carbocycles. The first kappa shape index (κ1) is 14.0. The summed E-state index contributed by atoms with van der Waals surface area (Å²) in [7, 11) is 3.11. The van der Waals surface area contributed by atoms with Crippen molar-refractivity contribution >= 4 is 17.6 Å². The number of amides is 1. The van der Waals surface area contributed by atoms with Crippen LogP contribution >= 0.6 is 0 Å². The summed E-state index contributed by atoms with van der Waals surface area (Å²) in [6.45, 7) is 2.10. The minimum Gasteiger partial charge on any atom is -0.468 e. The molecule has 98 valence electrons. The summed E-state index contributed by atoms with van der Waals surface area (Å²) in [4.78, 5) is 24.2. The van der Waals surface area contributed by atoms with E-state index >= 15 is 0 Å². The Morgan fingerprint density at radius 1 is 1.28 bits per heavy atom. The van der Waals surface area contributed by atoms with Gasteiger partial charge in [0.25, 0.3) is 0 Å². The molecule has 1 N–H and O–H groups in total. The lowest BCUT2D eigenvalue weighted by atomic mass is 10.2. The molecule has 0 aliphatic rings. The van der Waals surface area contributed by atoms with Crippen LogP contribution in [0, 0.1) is 6.92 Å². The number of nitrogens with one attached hydrogen (secondary N) is 1. The van der Waals surface area contributed by atoms with Crippen molar-refractivity contribution in [1.29, 1.82) is 0 Å². The van der Waals surface area contributed by atoms with Crippen LogP contribution in [0.3, 0.4) is 0 Å². The van der Waals surface area contributed by atoms with Gasteiger partial charge in [-0.15, -0.1) is 0 Å². The number of benzene rings is 1. The second-order valence-electron chi connectivity index (χ2n) is 4.04. The standard InChI is InChI=1S/C13H18N2O3/c1-10-4-6-11(7-5-10)15(2)9-12(16)14-8-13(17)18-3/h4-7H,8-9H2,1-3H3,(H,14,16). The van der Waals surface area contributed by atoms with Crippen LogP contribution in [-0.2, 0) is 14.3 Å². The Labute approximate surface area is 107 Å². The van der Waals surface area contributed by atoms with E-state index in [9.17, 15) is 9.59 Å². The number of anilines is 1. The number of rotatable bonds is 5. The van der Waals surface area contributed by atoms with E-state index < -0.39 is 5.97 Å². The molecule has 18 heavy (non-hydrogen) atoms. The second kappa shape index (κ2) is 6.64. The molecule has 0 bridgehead atoms. The number of methoxy groups -OCH3 is 1. The Kier molecular flexibility index (Phi) is 5.17. The van der Waals surface area contributed by atoms with Gasteiger partial charge in [-0.25, -0.2) is 0 Å². The number of nitrogens with zero attached hydrogens (tertiary/aromatic N) is 1. The van der Waals surface area contributed by atoms with Crippen LogP contribution in [0.5, 0.6) is 0 Å². The number of hydrogen-bond acceptors (Lipinski definition) is 4. The van der Waals surface area contributed by atoms with Crippen LogP contribution in [0.15, 0.2) is 24.3 Å². The average Bonchev–Trinajstić information content (AvgIpc) is 2.36. The highest BCUT2D eigenvalue weighted by atomic mass is 16.5. The molecule has 1 aromatic rings. The van der Waals surface area contributed by atoms with Gasteiger partial charge >= 0.3 is 5.97 Å². The molecule has 0 aliphatic heterocycles. The zero-order valence-electron chi connectivity index (χ0n) is 10.9. The van der Waals surface area contributed by atoms with E-state index in [2.05, 4.69) is 10.1 Å². The van der Waals surface area contributed by atoms with Crippen molar-refractivity contribution in [2.24, 2.45) is 0 Å². The molecule has 0 fully saturated rings. The first-order chi connectivity index (χ1) is 8.52. The number of aryl methyl sites for hydroxylation is 1. The molecule has 0 heterocycles. The molecule has 0 saturated carbocycles. The topological polar surface area (TPSA) is 58.6 Å². The number of esters is 1. The van der Waals surface area contributed by atoms with Crippen molar-refractivity contribution in [1.82, 2.24) is 5.32 Å². The first-order valence-electron chi connectivity index (χ1n) is 5.64. The number of ether oxygens (including phenoxy) is 1. The molecule has 0 atom stereocenters. The summed E-state index contributed by atoms with van der Waals surface area (Å²) in [6, 6.07) is 7.86. The highest BCUT2D eigenvalue weighted by Gasteiger charge is 2.08. The first-order valence-corrected chi connectivity index (χ1v) is 5.64. The van der Waals surface area contributed by atoms with E-state index in [0.717, 1.165) is 5.69 Å². The third kappa shape index (κ3) is 4.45. The molecule has 1 aromatic carbocycles. The van der Waals surface area contributed by atoms with Crippen molar-refractivity contribution in [3.05, 3.63) is 29.8 Å². The predicted molar refractivity (Wildman–Crippen MR) is 69.5 cm³/mol. The number of hydrogen-bond donors (Lipinski definition) is 1. The van der Waals surface area contributed by atoms with Crippen LogP contribution in [0.2, 0.25) is 0 Å². The van der Waals surface area contributed by atoms with Crippen molar-refractivity contribution in [2.75, 3.05) is 32.1 Å². The normalized spacial score (nSPS) is 9.72. The number of carbonyl (C=O) groups excluding carboxylic acids is 2. The Hall–Kier alpha value is -2.04. The minimum atomic E-state index is -0.457. The zero-order valence-corrected chi connectivity index (χ0v) is 10.9. The Bertz CT molecular complexity index is 415. The van der Waals surface area contributed by atoms with E-state index in [1.807, 2.05) is 43.1 Å². The summed E-state index contributed by atoms with van der Waals surface area (Å²) in [6.07, 6.45) is 0.